The summed E-state index contributed by atoms with van der Waals surface area (Å²) in [6, 6.07) is 0. The van der Waals surface area contributed by atoms with E-state index in [-0.39, 0.29) is 11.4 Å². The van der Waals surface area contributed by atoms with E-state index in [1.165, 1.54) is 0 Å². The topological polar surface area (TPSA) is 38.3 Å². The van der Waals surface area contributed by atoms with E-state index in [4.69, 9.17) is 4.74 Å². The second-order valence-corrected chi connectivity index (χ2v) is 6.24. The van der Waals surface area contributed by atoms with Crippen molar-refractivity contribution < 1.29 is 9.53 Å². The number of carbonyl (C=O) groups is 1. The highest BCUT2D eigenvalue weighted by molar-refractivity contribution is 5.75. The number of unbranched alkanes of at least 4 members (excludes halogenated alkanes) is 1. The van der Waals surface area contributed by atoms with Gasteiger partial charge in [-0.2, -0.15) is 0 Å². The zero-order valence-corrected chi connectivity index (χ0v) is 12.4. The van der Waals surface area contributed by atoms with Crippen molar-refractivity contribution in [1.82, 2.24) is 5.32 Å². The van der Waals surface area contributed by atoms with Gasteiger partial charge in [0.2, 0.25) is 0 Å². The Morgan fingerprint density at radius 3 is 2.29 bits per heavy atom. The Labute approximate surface area is 106 Å². The van der Waals surface area contributed by atoms with E-state index in [1.807, 2.05) is 20.9 Å². The van der Waals surface area contributed by atoms with Gasteiger partial charge in [0.1, 0.15) is 0 Å². The first-order valence-electron chi connectivity index (χ1n) is 6.57. The molecule has 3 heteroatoms. The molecule has 0 fully saturated rings. The van der Waals surface area contributed by atoms with Gasteiger partial charge in [0.15, 0.2) is 0 Å². The molecule has 0 heterocycles. The van der Waals surface area contributed by atoms with Crippen molar-refractivity contribution in [2.45, 2.75) is 53.9 Å². The van der Waals surface area contributed by atoms with Crippen molar-refractivity contribution in [2.24, 2.45) is 10.8 Å². The molecule has 0 aliphatic heterocycles. The molecule has 0 unspecified atom stereocenters. The molecule has 3 nitrogen and oxygen atoms in total. The Kier molecular flexibility index (Phi) is 6.76. The SMILES string of the molecule is CCCCOC(=O)C(C)(C)CC(C)(C)CNC. The molecular formula is C14H29NO2. The molecular weight excluding hydrogens is 214 g/mol. The van der Waals surface area contributed by atoms with Crippen LogP contribution in [-0.2, 0) is 9.53 Å². The molecule has 0 aliphatic carbocycles. The quantitative estimate of drug-likeness (QED) is 0.526. The second kappa shape index (κ2) is 7.00. The van der Waals surface area contributed by atoms with Gasteiger partial charge < -0.3 is 10.1 Å². The molecule has 0 spiro atoms. The predicted octanol–water partition coefficient (Wildman–Crippen LogP) is 2.99. The third kappa shape index (κ3) is 6.67. The maximum atomic E-state index is 12.0. The molecule has 0 aromatic heterocycles. The van der Waals surface area contributed by atoms with E-state index in [9.17, 15) is 4.79 Å². The number of ether oxygens (including phenoxy) is 1. The number of rotatable bonds is 8. The van der Waals surface area contributed by atoms with Gasteiger partial charge in [-0.15, -0.1) is 0 Å². The summed E-state index contributed by atoms with van der Waals surface area (Å²) in [6.45, 7) is 11.8. The standard InChI is InChI=1S/C14H29NO2/c1-7-8-9-17-12(16)14(4,5)10-13(2,3)11-15-6/h15H,7-11H2,1-6H3. The molecule has 0 amide bonds. The maximum absolute atomic E-state index is 12.0. The molecule has 0 saturated carbocycles. The molecule has 0 atom stereocenters. The highest BCUT2D eigenvalue weighted by Gasteiger charge is 2.35. The smallest absolute Gasteiger partial charge is 0.311 e. The predicted molar refractivity (Wildman–Crippen MR) is 72.0 cm³/mol. The van der Waals surface area contributed by atoms with Crippen LogP contribution in [0, 0.1) is 10.8 Å². The monoisotopic (exact) mass is 243 g/mol. The average Bonchev–Trinajstić information content (AvgIpc) is 2.15. The molecule has 0 aromatic carbocycles. The van der Waals surface area contributed by atoms with Crippen LogP contribution in [0.25, 0.3) is 0 Å². The lowest BCUT2D eigenvalue weighted by molar-refractivity contribution is -0.155. The first kappa shape index (κ1) is 16.4. The van der Waals surface area contributed by atoms with Crippen molar-refractivity contribution in [2.75, 3.05) is 20.2 Å². The van der Waals surface area contributed by atoms with E-state index in [0.717, 1.165) is 25.8 Å². The van der Waals surface area contributed by atoms with E-state index >= 15 is 0 Å². The first-order chi connectivity index (χ1) is 7.75. The normalized spacial score (nSPS) is 12.6. The maximum Gasteiger partial charge on any atom is 0.311 e. The van der Waals surface area contributed by atoms with E-state index in [1.54, 1.807) is 0 Å². The molecule has 0 rings (SSSR count). The number of hydrogen-bond acceptors (Lipinski definition) is 3. The van der Waals surface area contributed by atoms with Crippen LogP contribution in [0.2, 0.25) is 0 Å². The van der Waals surface area contributed by atoms with Gasteiger partial charge >= 0.3 is 5.97 Å². The minimum absolute atomic E-state index is 0.0740. The van der Waals surface area contributed by atoms with Gasteiger partial charge in [0.05, 0.1) is 12.0 Å². The highest BCUT2D eigenvalue weighted by atomic mass is 16.5. The van der Waals surface area contributed by atoms with Crippen molar-refractivity contribution in [3.63, 3.8) is 0 Å². The molecule has 17 heavy (non-hydrogen) atoms. The Morgan fingerprint density at radius 1 is 1.24 bits per heavy atom. The number of nitrogens with one attached hydrogen (secondary N) is 1. The van der Waals surface area contributed by atoms with E-state index in [0.29, 0.717) is 6.61 Å². The number of hydrogen-bond donors (Lipinski definition) is 1. The number of carbonyl (C=O) groups excluding carboxylic acids is 1. The fourth-order valence-electron chi connectivity index (χ4n) is 2.31. The third-order valence-corrected chi connectivity index (χ3v) is 2.86. The van der Waals surface area contributed by atoms with E-state index in [2.05, 4.69) is 26.1 Å². The Morgan fingerprint density at radius 2 is 1.82 bits per heavy atom. The zero-order valence-electron chi connectivity index (χ0n) is 12.4. The van der Waals surface area contributed by atoms with E-state index < -0.39 is 5.41 Å². The summed E-state index contributed by atoms with van der Waals surface area (Å²) < 4.78 is 5.31. The second-order valence-electron chi connectivity index (χ2n) is 6.24. The lowest BCUT2D eigenvalue weighted by Gasteiger charge is -2.33. The average molecular weight is 243 g/mol. The van der Waals surface area contributed by atoms with Crippen LogP contribution >= 0.6 is 0 Å². The van der Waals surface area contributed by atoms with Gasteiger partial charge in [0.25, 0.3) is 0 Å². The van der Waals surface area contributed by atoms with Crippen LogP contribution in [0.5, 0.6) is 0 Å². The fraction of sp³-hybridized carbons (Fsp3) is 0.929. The van der Waals surface area contributed by atoms with Crippen LogP contribution in [0.15, 0.2) is 0 Å². The summed E-state index contributed by atoms with van der Waals surface area (Å²) >= 11 is 0. The van der Waals surface area contributed by atoms with Crippen molar-refractivity contribution >= 4 is 5.97 Å². The highest BCUT2D eigenvalue weighted by Crippen LogP contribution is 2.34. The minimum atomic E-state index is -0.409. The molecule has 0 aliphatic rings. The van der Waals surface area contributed by atoms with Gasteiger partial charge in [-0.3, -0.25) is 4.79 Å². The van der Waals surface area contributed by atoms with Crippen LogP contribution in [0.4, 0.5) is 0 Å². The largest absolute Gasteiger partial charge is 0.465 e. The van der Waals surface area contributed by atoms with Gasteiger partial charge in [0, 0.05) is 0 Å². The molecule has 0 radical (unpaired) electrons. The third-order valence-electron chi connectivity index (χ3n) is 2.86. The lowest BCUT2D eigenvalue weighted by Crippen LogP contribution is -2.36. The summed E-state index contributed by atoms with van der Waals surface area (Å²) in [7, 11) is 1.94. The summed E-state index contributed by atoms with van der Waals surface area (Å²) in [6.07, 6.45) is 2.83. The Hall–Kier alpha value is -0.570. The van der Waals surface area contributed by atoms with Crippen LogP contribution < -0.4 is 5.32 Å². The summed E-state index contributed by atoms with van der Waals surface area (Å²) in [4.78, 5) is 12.0. The lowest BCUT2D eigenvalue weighted by atomic mass is 9.75. The Bertz CT molecular complexity index is 234. The van der Waals surface area contributed by atoms with Crippen molar-refractivity contribution in [3.05, 3.63) is 0 Å². The number of esters is 1. The molecule has 0 aromatic rings. The zero-order chi connectivity index (χ0) is 13.5. The van der Waals surface area contributed by atoms with Crippen LogP contribution in [0.1, 0.15) is 53.9 Å². The molecule has 102 valence electrons. The summed E-state index contributed by atoms with van der Waals surface area (Å²) in [5.74, 6) is -0.0740. The van der Waals surface area contributed by atoms with Crippen LogP contribution in [-0.4, -0.2) is 26.2 Å². The minimum Gasteiger partial charge on any atom is -0.465 e. The van der Waals surface area contributed by atoms with Crippen molar-refractivity contribution in [1.29, 1.82) is 0 Å². The summed E-state index contributed by atoms with van der Waals surface area (Å²) in [5.41, 5.74) is -0.309. The summed E-state index contributed by atoms with van der Waals surface area (Å²) in [5, 5.41) is 3.17. The fourth-order valence-corrected chi connectivity index (χ4v) is 2.31. The van der Waals surface area contributed by atoms with Gasteiger partial charge in [-0.1, -0.05) is 27.2 Å². The Balaban J connectivity index is 4.30. The van der Waals surface area contributed by atoms with Gasteiger partial charge in [-0.25, -0.2) is 0 Å². The molecule has 0 bridgehead atoms. The molecule has 1 N–H and O–H groups in total. The van der Waals surface area contributed by atoms with Crippen LogP contribution in [0.3, 0.4) is 0 Å². The van der Waals surface area contributed by atoms with Gasteiger partial charge in [-0.05, 0) is 45.7 Å². The molecule has 0 saturated heterocycles. The van der Waals surface area contributed by atoms with Crippen molar-refractivity contribution in [3.8, 4) is 0 Å². The first-order valence-corrected chi connectivity index (χ1v) is 6.57.